The van der Waals surface area contributed by atoms with Crippen LogP contribution in [0.3, 0.4) is 0 Å². The van der Waals surface area contributed by atoms with Gasteiger partial charge in [0.05, 0.1) is 19.0 Å². The Labute approximate surface area is 132 Å². The molecule has 1 aromatic carbocycles. The summed E-state index contributed by atoms with van der Waals surface area (Å²) < 4.78 is 5.65. The topological polar surface area (TPSA) is 55.2 Å². The lowest BCUT2D eigenvalue weighted by molar-refractivity contribution is 0.302. The van der Waals surface area contributed by atoms with Crippen molar-refractivity contribution < 1.29 is 9.84 Å². The molecule has 4 nitrogen and oxygen atoms in total. The molecular weight excluding hydrogens is 276 g/mol. The second kappa shape index (κ2) is 9.03. The first-order chi connectivity index (χ1) is 10.8. The van der Waals surface area contributed by atoms with Gasteiger partial charge in [0.2, 0.25) is 0 Å². The zero-order chi connectivity index (χ0) is 15.6. The van der Waals surface area contributed by atoms with Gasteiger partial charge in [0.1, 0.15) is 5.75 Å². The monoisotopic (exact) mass is 300 g/mol. The number of nitrogens with zero attached hydrogens (tertiary/aromatic N) is 2. The summed E-state index contributed by atoms with van der Waals surface area (Å²) in [5.74, 6) is 1.49. The van der Waals surface area contributed by atoms with Gasteiger partial charge in [0.25, 0.3) is 0 Å². The molecule has 2 aromatic rings. The zero-order valence-electron chi connectivity index (χ0n) is 13.2. The Bertz CT molecular complexity index is 555. The predicted molar refractivity (Wildman–Crippen MR) is 88.0 cm³/mol. The molecule has 1 aromatic heterocycles. The molecular formula is C18H24N2O2. The molecule has 0 atom stereocenters. The van der Waals surface area contributed by atoms with Crippen LogP contribution in [0.2, 0.25) is 0 Å². The van der Waals surface area contributed by atoms with Gasteiger partial charge in [-0.3, -0.25) is 0 Å². The smallest absolute Gasteiger partial charge is 0.159 e. The fourth-order valence-corrected chi connectivity index (χ4v) is 2.26. The largest absolute Gasteiger partial charge is 0.508 e. The molecule has 4 heteroatoms. The summed E-state index contributed by atoms with van der Waals surface area (Å²) >= 11 is 0. The molecule has 0 amide bonds. The molecule has 0 radical (unpaired) electrons. The minimum Gasteiger partial charge on any atom is -0.508 e. The zero-order valence-corrected chi connectivity index (χ0v) is 13.2. The number of phenolic OH excluding ortho intramolecular Hbond substituents is 1. The third-order valence-corrected chi connectivity index (χ3v) is 3.50. The van der Waals surface area contributed by atoms with Crippen LogP contribution in [0.25, 0.3) is 11.4 Å². The van der Waals surface area contributed by atoms with Crippen molar-refractivity contribution in [1.82, 2.24) is 9.97 Å². The third kappa shape index (κ3) is 5.35. The summed E-state index contributed by atoms with van der Waals surface area (Å²) in [6.45, 7) is 2.94. The van der Waals surface area contributed by atoms with Gasteiger partial charge in [-0.25, -0.2) is 9.97 Å². The van der Waals surface area contributed by atoms with E-state index < -0.39 is 0 Å². The lowest BCUT2D eigenvalue weighted by Gasteiger charge is -2.06. The number of unbranched alkanes of at least 4 members (excludes halogenated alkanes) is 5. The number of aromatic hydroxyl groups is 1. The Morgan fingerprint density at radius 1 is 1.00 bits per heavy atom. The van der Waals surface area contributed by atoms with Crippen LogP contribution in [0.1, 0.15) is 45.4 Å². The highest BCUT2D eigenvalue weighted by atomic mass is 16.5. The Hall–Kier alpha value is -2.10. The number of benzene rings is 1. The minimum atomic E-state index is 0.212. The van der Waals surface area contributed by atoms with Crippen LogP contribution in [0.5, 0.6) is 11.5 Å². The standard InChI is InChI=1S/C18H24N2O2/c1-2-3-4-5-6-7-11-22-17-13-19-18(20-14-17)15-9-8-10-16(21)12-15/h8-10,12-14,21H,2-7,11H2,1H3. The van der Waals surface area contributed by atoms with Crippen molar-refractivity contribution in [1.29, 1.82) is 0 Å². The molecule has 0 unspecified atom stereocenters. The van der Waals surface area contributed by atoms with E-state index in [2.05, 4.69) is 16.9 Å². The molecule has 1 N–H and O–H groups in total. The molecule has 0 bridgehead atoms. The third-order valence-electron chi connectivity index (χ3n) is 3.50. The fourth-order valence-electron chi connectivity index (χ4n) is 2.26. The van der Waals surface area contributed by atoms with Gasteiger partial charge < -0.3 is 9.84 Å². The molecule has 0 spiro atoms. The Morgan fingerprint density at radius 2 is 1.73 bits per heavy atom. The lowest BCUT2D eigenvalue weighted by Crippen LogP contribution is -1.99. The maximum Gasteiger partial charge on any atom is 0.159 e. The average molecular weight is 300 g/mol. The highest BCUT2D eigenvalue weighted by molar-refractivity contribution is 5.57. The molecule has 0 aliphatic heterocycles. The van der Waals surface area contributed by atoms with Crippen LogP contribution in [0, 0.1) is 0 Å². The van der Waals surface area contributed by atoms with E-state index in [1.807, 2.05) is 6.07 Å². The van der Waals surface area contributed by atoms with Crippen molar-refractivity contribution in [3.05, 3.63) is 36.7 Å². The van der Waals surface area contributed by atoms with Gasteiger partial charge in [0, 0.05) is 5.56 Å². The summed E-state index contributed by atoms with van der Waals surface area (Å²) in [5, 5.41) is 9.47. The van der Waals surface area contributed by atoms with Gasteiger partial charge in [-0.2, -0.15) is 0 Å². The normalized spacial score (nSPS) is 10.6. The van der Waals surface area contributed by atoms with Crippen molar-refractivity contribution in [3.8, 4) is 22.9 Å². The van der Waals surface area contributed by atoms with Crippen LogP contribution in [-0.2, 0) is 0 Å². The van der Waals surface area contributed by atoms with E-state index in [0.29, 0.717) is 18.2 Å². The Balaban J connectivity index is 1.75. The first-order valence-electron chi connectivity index (χ1n) is 8.04. The molecule has 1 heterocycles. The quantitative estimate of drug-likeness (QED) is 0.688. The van der Waals surface area contributed by atoms with E-state index in [9.17, 15) is 5.11 Å². The number of rotatable bonds is 9. The van der Waals surface area contributed by atoms with Crippen molar-refractivity contribution in [2.45, 2.75) is 45.4 Å². The first-order valence-corrected chi connectivity index (χ1v) is 8.04. The lowest BCUT2D eigenvalue weighted by atomic mass is 10.1. The fraction of sp³-hybridized carbons (Fsp3) is 0.444. The minimum absolute atomic E-state index is 0.212. The summed E-state index contributed by atoms with van der Waals surface area (Å²) in [6.07, 6.45) is 10.8. The molecule has 0 aliphatic carbocycles. The molecule has 2 rings (SSSR count). The molecule has 0 saturated heterocycles. The number of hydrogen-bond acceptors (Lipinski definition) is 4. The maximum atomic E-state index is 9.47. The van der Waals surface area contributed by atoms with Crippen molar-refractivity contribution in [3.63, 3.8) is 0 Å². The van der Waals surface area contributed by atoms with Crippen LogP contribution in [0.4, 0.5) is 0 Å². The Morgan fingerprint density at radius 3 is 2.45 bits per heavy atom. The van der Waals surface area contributed by atoms with E-state index in [0.717, 1.165) is 12.0 Å². The van der Waals surface area contributed by atoms with Gasteiger partial charge in [-0.05, 0) is 18.6 Å². The maximum absolute atomic E-state index is 9.47. The summed E-state index contributed by atoms with van der Waals surface area (Å²) in [4.78, 5) is 8.56. The second-order valence-electron chi connectivity index (χ2n) is 5.41. The van der Waals surface area contributed by atoms with Crippen LogP contribution >= 0.6 is 0 Å². The van der Waals surface area contributed by atoms with Gasteiger partial charge in [-0.1, -0.05) is 51.2 Å². The van der Waals surface area contributed by atoms with Crippen LogP contribution in [-0.4, -0.2) is 21.7 Å². The van der Waals surface area contributed by atoms with Crippen molar-refractivity contribution >= 4 is 0 Å². The Kier molecular flexibility index (Phi) is 6.68. The number of phenols is 1. The molecule has 118 valence electrons. The predicted octanol–water partition coefficient (Wildman–Crippen LogP) is 4.59. The molecule has 22 heavy (non-hydrogen) atoms. The average Bonchev–Trinajstić information content (AvgIpc) is 2.55. The van der Waals surface area contributed by atoms with Crippen molar-refractivity contribution in [2.75, 3.05) is 6.61 Å². The SMILES string of the molecule is CCCCCCCCOc1cnc(-c2cccc(O)c2)nc1. The number of hydrogen-bond donors (Lipinski definition) is 1. The van der Waals surface area contributed by atoms with Gasteiger partial charge >= 0.3 is 0 Å². The highest BCUT2D eigenvalue weighted by Crippen LogP contribution is 2.20. The van der Waals surface area contributed by atoms with Crippen LogP contribution < -0.4 is 4.74 Å². The first kappa shape index (κ1) is 16.3. The molecule has 0 fully saturated rings. The van der Waals surface area contributed by atoms with Crippen molar-refractivity contribution in [2.24, 2.45) is 0 Å². The summed E-state index contributed by atoms with van der Waals surface area (Å²) in [6, 6.07) is 6.91. The number of ether oxygens (including phenoxy) is 1. The van der Waals surface area contributed by atoms with E-state index in [4.69, 9.17) is 4.74 Å². The number of aromatic nitrogens is 2. The highest BCUT2D eigenvalue weighted by Gasteiger charge is 2.03. The second-order valence-corrected chi connectivity index (χ2v) is 5.41. The molecule has 0 saturated carbocycles. The van der Waals surface area contributed by atoms with E-state index in [1.54, 1.807) is 30.6 Å². The summed E-state index contributed by atoms with van der Waals surface area (Å²) in [7, 11) is 0. The molecule has 0 aliphatic rings. The van der Waals surface area contributed by atoms with E-state index in [-0.39, 0.29) is 5.75 Å². The van der Waals surface area contributed by atoms with Gasteiger partial charge in [-0.15, -0.1) is 0 Å². The van der Waals surface area contributed by atoms with E-state index >= 15 is 0 Å². The summed E-state index contributed by atoms with van der Waals surface area (Å²) in [5.41, 5.74) is 0.794. The van der Waals surface area contributed by atoms with Gasteiger partial charge in [0.15, 0.2) is 11.6 Å². The van der Waals surface area contributed by atoms with Crippen LogP contribution in [0.15, 0.2) is 36.7 Å². The van der Waals surface area contributed by atoms with E-state index in [1.165, 1.54) is 32.1 Å².